The van der Waals surface area contributed by atoms with Crippen LogP contribution in [0.3, 0.4) is 0 Å². The standard InChI is InChI=1S/C12H11ClFNO/c1-8(9-4-5-16-7-9)15-10-2-3-11(13)12(14)6-10/h2-8,15H,1H3. The molecule has 4 heteroatoms. The van der Waals surface area contributed by atoms with Gasteiger partial charge < -0.3 is 9.73 Å². The monoisotopic (exact) mass is 239 g/mol. The summed E-state index contributed by atoms with van der Waals surface area (Å²) in [5.41, 5.74) is 1.70. The molecule has 84 valence electrons. The summed E-state index contributed by atoms with van der Waals surface area (Å²) in [7, 11) is 0. The summed E-state index contributed by atoms with van der Waals surface area (Å²) in [6, 6.07) is 6.56. The van der Waals surface area contributed by atoms with Gasteiger partial charge in [0.1, 0.15) is 5.82 Å². The Hall–Kier alpha value is -1.48. The number of hydrogen-bond acceptors (Lipinski definition) is 2. The summed E-state index contributed by atoms with van der Waals surface area (Å²) in [5, 5.41) is 3.28. The van der Waals surface area contributed by atoms with Crippen LogP contribution in [0.5, 0.6) is 0 Å². The third-order valence-corrected chi connectivity index (χ3v) is 2.65. The van der Waals surface area contributed by atoms with Crippen molar-refractivity contribution < 1.29 is 8.81 Å². The molecule has 2 nitrogen and oxygen atoms in total. The van der Waals surface area contributed by atoms with Gasteiger partial charge in [-0.15, -0.1) is 0 Å². The molecule has 0 aliphatic rings. The summed E-state index contributed by atoms with van der Waals surface area (Å²) in [4.78, 5) is 0. The average Bonchev–Trinajstić information content (AvgIpc) is 2.77. The van der Waals surface area contributed by atoms with Crippen LogP contribution in [-0.4, -0.2) is 0 Å². The molecule has 0 saturated carbocycles. The predicted octanol–water partition coefficient (Wildman–Crippen LogP) is 4.25. The van der Waals surface area contributed by atoms with E-state index in [9.17, 15) is 4.39 Å². The second-order valence-electron chi connectivity index (χ2n) is 3.55. The second-order valence-corrected chi connectivity index (χ2v) is 3.96. The van der Waals surface area contributed by atoms with Crippen molar-refractivity contribution in [3.8, 4) is 0 Å². The third kappa shape index (κ3) is 2.36. The molecule has 1 aromatic heterocycles. The quantitative estimate of drug-likeness (QED) is 0.867. The Balaban J connectivity index is 2.12. The lowest BCUT2D eigenvalue weighted by molar-refractivity contribution is 0.562. The minimum Gasteiger partial charge on any atom is -0.472 e. The van der Waals surface area contributed by atoms with Gasteiger partial charge in [0.15, 0.2) is 0 Å². The molecule has 1 atom stereocenters. The highest BCUT2D eigenvalue weighted by atomic mass is 35.5. The van der Waals surface area contributed by atoms with Gasteiger partial charge in [-0.05, 0) is 31.2 Å². The highest BCUT2D eigenvalue weighted by molar-refractivity contribution is 6.30. The van der Waals surface area contributed by atoms with E-state index in [4.69, 9.17) is 16.0 Å². The van der Waals surface area contributed by atoms with Crippen molar-refractivity contribution in [1.82, 2.24) is 0 Å². The molecule has 0 saturated heterocycles. The van der Waals surface area contributed by atoms with E-state index in [1.165, 1.54) is 12.1 Å². The first-order valence-electron chi connectivity index (χ1n) is 4.90. The summed E-state index contributed by atoms with van der Waals surface area (Å²) in [5.74, 6) is -0.425. The first-order valence-corrected chi connectivity index (χ1v) is 5.28. The van der Waals surface area contributed by atoms with Gasteiger partial charge in [0.25, 0.3) is 0 Å². The number of furan rings is 1. The third-order valence-electron chi connectivity index (χ3n) is 2.35. The van der Waals surface area contributed by atoms with Gasteiger partial charge in [0.05, 0.1) is 23.6 Å². The first kappa shape index (κ1) is 11.0. The van der Waals surface area contributed by atoms with Crippen molar-refractivity contribution in [2.75, 3.05) is 5.32 Å². The lowest BCUT2D eigenvalue weighted by Gasteiger charge is -2.13. The smallest absolute Gasteiger partial charge is 0.143 e. The SMILES string of the molecule is CC(Nc1ccc(Cl)c(F)c1)c1ccoc1. The molecule has 1 heterocycles. The summed E-state index contributed by atoms with van der Waals surface area (Å²) < 4.78 is 18.2. The van der Waals surface area contributed by atoms with E-state index >= 15 is 0 Å². The van der Waals surface area contributed by atoms with E-state index in [1.807, 2.05) is 13.0 Å². The second kappa shape index (κ2) is 4.58. The molecule has 2 rings (SSSR count). The molecule has 0 bridgehead atoms. The number of anilines is 1. The molecule has 1 unspecified atom stereocenters. The zero-order chi connectivity index (χ0) is 11.5. The van der Waals surface area contributed by atoms with Gasteiger partial charge in [-0.25, -0.2) is 4.39 Å². The molecule has 2 aromatic rings. The van der Waals surface area contributed by atoms with Gasteiger partial charge in [-0.2, -0.15) is 0 Å². The summed E-state index contributed by atoms with van der Waals surface area (Å²) in [6.45, 7) is 1.97. The van der Waals surface area contributed by atoms with Gasteiger partial charge in [-0.3, -0.25) is 0 Å². The normalized spacial score (nSPS) is 12.4. The largest absolute Gasteiger partial charge is 0.472 e. The van der Waals surface area contributed by atoms with Crippen LogP contribution in [0.2, 0.25) is 5.02 Å². The average molecular weight is 240 g/mol. The maximum absolute atomic E-state index is 13.2. The Morgan fingerprint density at radius 2 is 2.19 bits per heavy atom. The van der Waals surface area contributed by atoms with Crippen LogP contribution in [0.25, 0.3) is 0 Å². The lowest BCUT2D eigenvalue weighted by atomic mass is 10.1. The zero-order valence-electron chi connectivity index (χ0n) is 8.71. The van der Waals surface area contributed by atoms with E-state index in [1.54, 1.807) is 18.6 Å². The number of rotatable bonds is 3. The van der Waals surface area contributed by atoms with Crippen molar-refractivity contribution in [3.05, 3.63) is 53.2 Å². The van der Waals surface area contributed by atoms with Gasteiger partial charge >= 0.3 is 0 Å². The Morgan fingerprint density at radius 1 is 1.38 bits per heavy atom. The van der Waals surface area contributed by atoms with Crippen molar-refractivity contribution in [2.45, 2.75) is 13.0 Å². The van der Waals surface area contributed by atoms with Crippen molar-refractivity contribution in [2.24, 2.45) is 0 Å². The van der Waals surface area contributed by atoms with E-state index < -0.39 is 5.82 Å². The molecule has 0 amide bonds. The maximum atomic E-state index is 13.2. The van der Waals surface area contributed by atoms with Crippen molar-refractivity contribution in [1.29, 1.82) is 0 Å². The minimum atomic E-state index is -0.425. The van der Waals surface area contributed by atoms with E-state index in [0.29, 0.717) is 5.69 Å². The predicted molar refractivity (Wildman–Crippen MR) is 62.2 cm³/mol. The number of hydrogen-bond donors (Lipinski definition) is 1. The fourth-order valence-electron chi connectivity index (χ4n) is 1.44. The molecule has 1 N–H and O–H groups in total. The van der Waals surface area contributed by atoms with Gasteiger partial charge in [-0.1, -0.05) is 11.6 Å². The molecule has 16 heavy (non-hydrogen) atoms. The molecular weight excluding hydrogens is 229 g/mol. The van der Waals surface area contributed by atoms with E-state index in [0.717, 1.165) is 5.56 Å². The molecule has 0 spiro atoms. The Morgan fingerprint density at radius 3 is 2.81 bits per heavy atom. The van der Waals surface area contributed by atoms with Crippen LogP contribution in [0.4, 0.5) is 10.1 Å². The minimum absolute atomic E-state index is 0.0549. The van der Waals surface area contributed by atoms with Crippen molar-refractivity contribution >= 4 is 17.3 Å². The molecular formula is C12H11ClFNO. The molecule has 1 aromatic carbocycles. The van der Waals surface area contributed by atoms with Crippen LogP contribution in [0.15, 0.2) is 41.2 Å². The Bertz CT molecular complexity index is 470. The molecule has 0 aliphatic heterocycles. The number of benzene rings is 1. The molecule has 0 aliphatic carbocycles. The maximum Gasteiger partial charge on any atom is 0.143 e. The number of halogens is 2. The highest BCUT2D eigenvalue weighted by Gasteiger charge is 2.07. The Kier molecular flexibility index (Phi) is 3.15. The first-order chi connectivity index (χ1) is 7.66. The molecule has 0 fully saturated rings. The zero-order valence-corrected chi connectivity index (χ0v) is 9.46. The summed E-state index contributed by atoms with van der Waals surface area (Å²) >= 11 is 5.60. The van der Waals surface area contributed by atoms with Crippen LogP contribution in [0.1, 0.15) is 18.5 Å². The topological polar surface area (TPSA) is 25.2 Å². The fourth-order valence-corrected chi connectivity index (χ4v) is 1.56. The van der Waals surface area contributed by atoms with Crippen LogP contribution >= 0.6 is 11.6 Å². The van der Waals surface area contributed by atoms with Crippen LogP contribution in [-0.2, 0) is 0 Å². The Labute approximate surface area is 98.0 Å². The highest BCUT2D eigenvalue weighted by Crippen LogP contribution is 2.23. The lowest BCUT2D eigenvalue weighted by Crippen LogP contribution is -2.05. The van der Waals surface area contributed by atoms with Crippen LogP contribution < -0.4 is 5.32 Å². The van der Waals surface area contributed by atoms with E-state index in [-0.39, 0.29) is 11.1 Å². The summed E-state index contributed by atoms with van der Waals surface area (Å²) in [6.07, 6.45) is 3.26. The van der Waals surface area contributed by atoms with Gasteiger partial charge in [0, 0.05) is 11.3 Å². The number of nitrogens with one attached hydrogen (secondary N) is 1. The van der Waals surface area contributed by atoms with Gasteiger partial charge in [0.2, 0.25) is 0 Å². The molecule has 0 radical (unpaired) electrons. The van der Waals surface area contributed by atoms with Crippen LogP contribution in [0, 0.1) is 5.82 Å². The van der Waals surface area contributed by atoms with Crippen molar-refractivity contribution in [3.63, 3.8) is 0 Å². The van der Waals surface area contributed by atoms with E-state index in [2.05, 4.69) is 5.32 Å². The fraction of sp³-hybridized carbons (Fsp3) is 0.167.